The van der Waals surface area contributed by atoms with Crippen molar-refractivity contribution in [2.75, 3.05) is 32.7 Å². The van der Waals surface area contributed by atoms with E-state index in [-0.39, 0.29) is 17.2 Å². The number of carbonyl (C=O) groups excluding carboxylic acids is 1. The van der Waals surface area contributed by atoms with Crippen LogP contribution in [0.4, 0.5) is 0 Å². The lowest BCUT2D eigenvalue weighted by molar-refractivity contribution is 0.0633. The fraction of sp³-hybridized carbons (Fsp3) is 0.652. The van der Waals surface area contributed by atoms with E-state index in [1.165, 1.54) is 17.4 Å². The first-order chi connectivity index (χ1) is 14.9. The summed E-state index contributed by atoms with van der Waals surface area (Å²) in [7, 11) is 0. The highest BCUT2D eigenvalue weighted by molar-refractivity contribution is 6.05. The first kappa shape index (κ1) is 20.4. The van der Waals surface area contributed by atoms with E-state index in [0.717, 1.165) is 44.1 Å². The molecule has 166 valence electrons. The number of hydrogen-bond donors (Lipinski definition) is 1. The predicted molar refractivity (Wildman–Crippen MR) is 119 cm³/mol. The van der Waals surface area contributed by atoms with E-state index in [1.807, 2.05) is 18.7 Å². The summed E-state index contributed by atoms with van der Waals surface area (Å²) < 4.78 is 1.53. The molecule has 3 heterocycles. The van der Waals surface area contributed by atoms with Crippen LogP contribution in [0.15, 0.2) is 15.7 Å². The molecule has 5 rings (SSSR count). The molecule has 2 saturated carbocycles. The molecule has 8 heteroatoms. The molecular formula is C23H31N5O3. The number of pyridine rings is 1. The van der Waals surface area contributed by atoms with Crippen LogP contribution < -0.4 is 11.2 Å². The van der Waals surface area contributed by atoms with Crippen molar-refractivity contribution in [3.63, 3.8) is 0 Å². The SMILES string of the molecule is CC(C)Cn1c(=O)[nH]c(=O)c2c(C(=O)N3CCN(CC4CC4)CC3)cc(C3CC3)nc21. The minimum absolute atomic E-state index is 0.124. The molecule has 8 nitrogen and oxygen atoms in total. The summed E-state index contributed by atoms with van der Waals surface area (Å²) in [5.41, 5.74) is 0.582. The highest BCUT2D eigenvalue weighted by Gasteiger charge is 2.32. The zero-order valence-electron chi connectivity index (χ0n) is 18.4. The van der Waals surface area contributed by atoms with E-state index in [9.17, 15) is 14.4 Å². The van der Waals surface area contributed by atoms with Crippen molar-refractivity contribution in [1.29, 1.82) is 0 Å². The molecule has 0 unspecified atom stereocenters. The van der Waals surface area contributed by atoms with Crippen LogP contribution >= 0.6 is 0 Å². The van der Waals surface area contributed by atoms with Gasteiger partial charge in [0.15, 0.2) is 5.65 Å². The molecule has 1 N–H and O–H groups in total. The van der Waals surface area contributed by atoms with Crippen molar-refractivity contribution in [3.05, 3.63) is 38.2 Å². The molecule has 2 aromatic rings. The Bertz CT molecular complexity index is 1120. The molecule has 0 radical (unpaired) electrons. The topological polar surface area (TPSA) is 91.3 Å². The van der Waals surface area contributed by atoms with E-state index >= 15 is 0 Å². The quantitative estimate of drug-likeness (QED) is 0.762. The zero-order chi connectivity index (χ0) is 21.7. The van der Waals surface area contributed by atoms with E-state index in [1.54, 1.807) is 6.07 Å². The number of hydrogen-bond acceptors (Lipinski definition) is 5. The number of amides is 1. The van der Waals surface area contributed by atoms with Crippen molar-refractivity contribution >= 4 is 16.9 Å². The van der Waals surface area contributed by atoms with Crippen molar-refractivity contribution in [2.45, 2.75) is 52.0 Å². The lowest BCUT2D eigenvalue weighted by Gasteiger charge is -2.35. The van der Waals surface area contributed by atoms with Gasteiger partial charge in [0.25, 0.3) is 11.5 Å². The summed E-state index contributed by atoms with van der Waals surface area (Å²) in [6, 6.07) is 1.80. The van der Waals surface area contributed by atoms with Gasteiger partial charge in [-0.3, -0.25) is 24.0 Å². The molecule has 3 fully saturated rings. The summed E-state index contributed by atoms with van der Waals surface area (Å²) in [6.07, 6.45) is 4.72. The number of nitrogens with one attached hydrogen (secondary N) is 1. The average Bonchev–Trinajstić information content (AvgIpc) is 3.64. The Balaban J connectivity index is 1.53. The van der Waals surface area contributed by atoms with Crippen molar-refractivity contribution in [2.24, 2.45) is 11.8 Å². The van der Waals surface area contributed by atoms with Gasteiger partial charge < -0.3 is 4.90 Å². The van der Waals surface area contributed by atoms with Crippen LogP contribution in [0.2, 0.25) is 0 Å². The minimum Gasteiger partial charge on any atom is -0.336 e. The fourth-order valence-corrected chi connectivity index (χ4v) is 4.55. The molecule has 0 bridgehead atoms. The number of nitrogens with zero attached hydrogens (tertiary/aromatic N) is 4. The second kappa shape index (κ2) is 7.89. The Morgan fingerprint density at radius 1 is 1.13 bits per heavy atom. The molecule has 0 atom stereocenters. The molecule has 31 heavy (non-hydrogen) atoms. The molecule has 2 aliphatic carbocycles. The Morgan fingerprint density at radius 2 is 1.84 bits per heavy atom. The molecule has 1 amide bonds. The molecule has 1 aliphatic heterocycles. The second-order valence-corrected chi connectivity index (χ2v) is 9.87. The maximum Gasteiger partial charge on any atom is 0.330 e. The van der Waals surface area contributed by atoms with Gasteiger partial charge in [0.2, 0.25) is 0 Å². The monoisotopic (exact) mass is 425 g/mol. The maximum absolute atomic E-state index is 13.6. The Morgan fingerprint density at radius 3 is 2.45 bits per heavy atom. The minimum atomic E-state index is -0.523. The van der Waals surface area contributed by atoms with Gasteiger partial charge in [0.1, 0.15) is 0 Å². The van der Waals surface area contributed by atoms with Gasteiger partial charge in [-0.05, 0) is 43.6 Å². The van der Waals surface area contributed by atoms with Gasteiger partial charge in [0, 0.05) is 50.9 Å². The molecule has 2 aromatic heterocycles. The third-order valence-corrected chi connectivity index (χ3v) is 6.62. The number of aromatic amines is 1. The summed E-state index contributed by atoms with van der Waals surface area (Å²) in [4.78, 5) is 50.4. The van der Waals surface area contributed by atoms with E-state index in [2.05, 4.69) is 9.88 Å². The van der Waals surface area contributed by atoms with Crippen LogP contribution in [0, 0.1) is 11.8 Å². The van der Waals surface area contributed by atoms with E-state index in [0.29, 0.717) is 36.8 Å². The first-order valence-corrected chi connectivity index (χ1v) is 11.6. The van der Waals surface area contributed by atoms with Crippen LogP contribution in [0.3, 0.4) is 0 Å². The summed E-state index contributed by atoms with van der Waals surface area (Å²) in [6.45, 7) is 8.68. The third-order valence-electron chi connectivity index (χ3n) is 6.62. The average molecular weight is 426 g/mol. The number of aromatic nitrogens is 3. The zero-order valence-corrected chi connectivity index (χ0v) is 18.4. The van der Waals surface area contributed by atoms with Crippen molar-refractivity contribution < 1.29 is 4.79 Å². The summed E-state index contributed by atoms with van der Waals surface area (Å²) in [5.74, 6) is 1.23. The maximum atomic E-state index is 13.6. The Kier molecular flexibility index (Phi) is 5.20. The summed E-state index contributed by atoms with van der Waals surface area (Å²) in [5, 5.41) is 0.245. The van der Waals surface area contributed by atoms with Crippen LogP contribution in [-0.4, -0.2) is 63.0 Å². The third kappa shape index (κ3) is 4.18. The lowest BCUT2D eigenvalue weighted by Crippen LogP contribution is -2.49. The Labute approximate surface area is 181 Å². The Hall–Kier alpha value is -2.48. The molecular weight excluding hydrogens is 394 g/mol. The lowest BCUT2D eigenvalue weighted by atomic mass is 10.1. The van der Waals surface area contributed by atoms with Crippen LogP contribution in [0.25, 0.3) is 11.0 Å². The number of fused-ring (bicyclic) bond motifs is 1. The van der Waals surface area contributed by atoms with Crippen LogP contribution in [-0.2, 0) is 6.54 Å². The molecule has 3 aliphatic rings. The second-order valence-electron chi connectivity index (χ2n) is 9.87. The van der Waals surface area contributed by atoms with E-state index in [4.69, 9.17) is 4.98 Å². The smallest absolute Gasteiger partial charge is 0.330 e. The van der Waals surface area contributed by atoms with Gasteiger partial charge in [0.05, 0.1) is 10.9 Å². The van der Waals surface area contributed by atoms with Gasteiger partial charge >= 0.3 is 5.69 Å². The summed E-state index contributed by atoms with van der Waals surface area (Å²) >= 11 is 0. The number of rotatable bonds is 6. The highest BCUT2D eigenvalue weighted by Crippen LogP contribution is 2.40. The fourth-order valence-electron chi connectivity index (χ4n) is 4.55. The van der Waals surface area contributed by atoms with Crippen molar-refractivity contribution in [1.82, 2.24) is 24.3 Å². The first-order valence-electron chi connectivity index (χ1n) is 11.6. The number of carbonyl (C=O) groups is 1. The molecule has 0 aromatic carbocycles. The molecule has 1 saturated heterocycles. The van der Waals surface area contributed by atoms with Gasteiger partial charge in [-0.1, -0.05) is 13.8 Å². The standard InChI is InChI=1S/C23H31N5O3/c1-14(2)12-28-20-19(21(29)25-23(28)31)17(11-18(24-20)16-5-6-16)22(30)27-9-7-26(8-10-27)13-15-3-4-15/h11,14-16H,3-10,12-13H2,1-2H3,(H,25,29,31). The van der Waals surface area contributed by atoms with Crippen LogP contribution in [0.5, 0.6) is 0 Å². The van der Waals surface area contributed by atoms with Crippen LogP contribution in [0.1, 0.15) is 61.5 Å². The van der Waals surface area contributed by atoms with Crippen molar-refractivity contribution in [3.8, 4) is 0 Å². The largest absolute Gasteiger partial charge is 0.336 e. The van der Waals surface area contributed by atoms with Gasteiger partial charge in [-0.2, -0.15) is 0 Å². The normalized spacial score (nSPS) is 20.0. The van der Waals surface area contributed by atoms with Gasteiger partial charge in [-0.25, -0.2) is 9.78 Å². The number of piperazine rings is 1. The van der Waals surface area contributed by atoms with E-state index < -0.39 is 11.2 Å². The molecule has 0 spiro atoms. The highest BCUT2D eigenvalue weighted by atomic mass is 16.2. The van der Waals surface area contributed by atoms with Gasteiger partial charge in [-0.15, -0.1) is 0 Å². The number of H-pyrrole nitrogens is 1. The predicted octanol–water partition coefficient (Wildman–Crippen LogP) is 1.79.